The lowest BCUT2D eigenvalue weighted by Crippen LogP contribution is -2.32. The zero-order chi connectivity index (χ0) is 15.1. The standard InChI is InChI=1S/C17H29FN2/c1-6-14(5)20(7-2)12-16-10-15(8-9-17(16)18)11-19-13(3)4/h8-10,13-14,19H,6-7,11-12H2,1-5H3. The van der Waals surface area contributed by atoms with E-state index >= 15 is 0 Å². The van der Waals surface area contributed by atoms with Crippen LogP contribution in [0.5, 0.6) is 0 Å². The number of nitrogens with zero attached hydrogens (tertiary/aromatic N) is 1. The second-order valence-corrected chi connectivity index (χ2v) is 5.78. The fourth-order valence-corrected chi connectivity index (χ4v) is 2.24. The molecule has 1 aromatic carbocycles. The first-order valence-electron chi connectivity index (χ1n) is 7.72. The molecule has 1 rings (SSSR count). The highest BCUT2D eigenvalue weighted by molar-refractivity contribution is 5.25. The number of rotatable bonds is 8. The molecule has 0 fully saturated rings. The minimum atomic E-state index is -0.0972. The zero-order valence-electron chi connectivity index (χ0n) is 13.5. The van der Waals surface area contributed by atoms with Crippen molar-refractivity contribution in [3.8, 4) is 0 Å². The summed E-state index contributed by atoms with van der Waals surface area (Å²) in [6, 6.07) is 6.38. The van der Waals surface area contributed by atoms with Crippen LogP contribution in [0.4, 0.5) is 4.39 Å². The quantitative estimate of drug-likeness (QED) is 0.776. The first kappa shape index (κ1) is 17.1. The molecule has 0 aromatic heterocycles. The van der Waals surface area contributed by atoms with Crippen molar-refractivity contribution in [3.63, 3.8) is 0 Å². The molecule has 0 bridgehead atoms. The van der Waals surface area contributed by atoms with Crippen molar-refractivity contribution in [2.45, 2.75) is 66.2 Å². The van der Waals surface area contributed by atoms with Gasteiger partial charge in [-0.05, 0) is 31.5 Å². The molecule has 0 radical (unpaired) electrons. The molecule has 0 aliphatic heterocycles. The lowest BCUT2D eigenvalue weighted by atomic mass is 10.1. The van der Waals surface area contributed by atoms with Crippen LogP contribution in [-0.4, -0.2) is 23.5 Å². The summed E-state index contributed by atoms with van der Waals surface area (Å²) in [4.78, 5) is 2.32. The first-order valence-corrected chi connectivity index (χ1v) is 7.72. The molecule has 1 aromatic rings. The zero-order valence-corrected chi connectivity index (χ0v) is 13.5. The SMILES string of the molecule is CCC(C)N(CC)Cc1cc(CNC(C)C)ccc1F. The molecule has 0 saturated heterocycles. The number of benzene rings is 1. The van der Waals surface area contributed by atoms with Crippen LogP contribution in [0.3, 0.4) is 0 Å². The first-order chi connectivity index (χ1) is 9.47. The molecule has 1 unspecified atom stereocenters. The maximum atomic E-state index is 14.0. The van der Waals surface area contributed by atoms with E-state index in [-0.39, 0.29) is 5.82 Å². The van der Waals surface area contributed by atoms with Crippen molar-refractivity contribution in [1.29, 1.82) is 0 Å². The molecule has 20 heavy (non-hydrogen) atoms. The lowest BCUT2D eigenvalue weighted by molar-refractivity contribution is 0.203. The highest BCUT2D eigenvalue weighted by Gasteiger charge is 2.13. The molecule has 1 N–H and O–H groups in total. The summed E-state index contributed by atoms with van der Waals surface area (Å²) in [7, 11) is 0. The predicted molar refractivity (Wildman–Crippen MR) is 84.2 cm³/mol. The van der Waals surface area contributed by atoms with Crippen LogP contribution in [0.1, 0.15) is 52.2 Å². The van der Waals surface area contributed by atoms with Gasteiger partial charge in [-0.15, -0.1) is 0 Å². The van der Waals surface area contributed by atoms with Crippen LogP contribution in [0, 0.1) is 5.82 Å². The molecular formula is C17H29FN2. The topological polar surface area (TPSA) is 15.3 Å². The minimum absolute atomic E-state index is 0.0972. The number of hydrogen-bond acceptors (Lipinski definition) is 2. The number of halogens is 1. The summed E-state index contributed by atoms with van der Waals surface area (Å²) < 4.78 is 14.0. The van der Waals surface area contributed by atoms with E-state index in [0.717, 1.165) is 30.6 Å². The van der Waals surface area contributed by atoms with Gasteiger partial charge in [-0.1, -0.05) is 39.8 Å². The lowest BCUT2D eigenvalue weighted by Gasteiger charge is -2.27. The van der Waals surface area contributed by atoms with Gasteiger partial charge in [0.2, 0.25) is 0 Å². The molecule has 3 heteroatoms. The van der Waals surface area contributed by atoms with Gasteiger partial charge in [0.05, 0.1) is 0 Å². The van der Waals surface area contributed by atoms with Gasteiger partial charge in [-0.25, -0.2) is 4.39 Å². The molecule has 0 aliphatic rings. The number of hydrogen-bond donors (Lipinski definition) is 1. The highest BCUT2D eigenvalue weighted by atomic mass is 19.1. The van der Waals surface area contributed by atoms with Crippen LogP contribution in [-0.2, 0) is 13.1 Å². The Bertz CT molecular complexity index is 404. The molecule has 114 valence electrons. The van der Waals surface area contributed by atoms with Gasteiger partial charge in [-0.3, -0.25) is 4.90 Å². The third kappa shape index (κ3) is 5.22. The van der Waals surface area contributed by atoms with E-state index in [4.69, 9.17) is 0 Å². The summed E-state index contributed by atoms with van der Waals surface area (Å²) in [6.45, 7) is 13.2. The Kier molecular flexibility index (Phi) is 7.17. The third-order valence-corrected chi connectivity index (χ3v) is 3.82. The Balaban J connectivity index is 2.79. The molecule has 2 nitrogen and oxygen atoms in total. The molecule has 0 spiro atoms. The van der Waals surface area contributed by atoms with E-state index in [0.29, 0.717) is 18.6 Å². The van der Waals surface area contributed by atoms with Gasteiger partial charge in [0.1, 0.15) is 5.82 Å². The second kappa shape index (κ2) is 8.38. The van der Waals surface area contributed by atoms with Crippen molar-refractivity contribution in [2.75, 3.05) is 6.54 Å². The van der Waals surface area contributed by atoms with Gasteiger partial charge < -0.3 is 5.32 Å². The van der Waals surface area contributed by atoms with Gasteiger partial charge in [0, 0.05) is 30.7 Å². The van der Waals surface area contributed by atoms with Gasteiger partial charge in [-0.2, -0.15) is 0 Å². The van der Waals surface area contributed by atoms with E-state index in [2.05, 4.69) is 44.8 Å². The Morgan fingerprint density at radius 2 is 1.90 bits per heavy atom. The van der Waals surface area contributed by atoms with Crippen LogP contribution >= 0.6 is 0 Å². The van der Waals surface area contributed by atoms with E-state index in [1.54, 1.807) is 6.07 Å². The average Bonchev–Trinajstić information content (AvgIpc) is 2.44. The Morgan fingerprint density at radius 3 is 2.45 bits per heavy atom. The molecule has 0 amide bonds. The Hall–Kier alpha value is -0.930. The minimum Gasteiger partial charge on any atom is -0.310 e. The van der Waals surface area contributed by atoms with E-state index in [9.17, 15) is 4.39 Å². The van der Waals surface area contributed by atoms with Crippen molar-refractivity contribution in [1.82, 2.24) is 10.2 Å². The summed E-state index contributed by atoms with van der Waals surface area (Å²) in [5.41, 5.74) is 1.95. The Morgan fingerprint density at radius 1 is 1.20 bits per heavy atom. The van der Waals surface area contributed by atoms with Crippen molar-refractivity contribution in [2.24, 2.45) is 0 Å². The maximum Gasteiger partial charge on any atom is 0.127 e. The average molecular weight is 280 g/mol. The van der Waals surface area contributed by atoms with Crippen molar-refractivity contribution < 1.29 is 4.39 Å². The third-order valence-electron chi connectivity index (χ3n) is 3.82. The van der Waals surface area contributed by atoms with E-state index in [1.807, 2.05) is 12.1 Å². The molecule has 0 saturated carbocycles. The van der Waals surface area contributed by atoms with Crippen molar-refractivity contribution >= 4 is 0 Å². The largest absolute Gasteiger partial charge is 0.310 e. The maximum absolute atomic E-state index is 14.0. The van der Waals surface area contributed by atoms with Crippen LogP contribution in [0.15, 0.2) is 18.2 Å². The van der Waals surface area contributed by atoms with E-state index < -0.39 is 0 Å². The molecule has 1 atom stereocenters. The number of nitrogens with one attached hydrogen (secondary N) is 1. The predicted octanol–water partition coefficient (Wildman–Crippen LogP) is 3.94. The van der Waals surface area contributed by atoms with Crippen LogP contribution in [0.2, 0.25) is 0 Å². The summed E-state index contributed by atoms with van der Waals surface area (Å²) in [6.07, 6.45) is 1.09. The monoisotopic (exact) mass is 280 g/mol. The molecular weight excluding hydrogens is 251 g/mol. The highest BCUT2D eigenvalue weighted by Crippen LogP contribution is 2.16. The van der Waals surface area contributed by atoms with Gasteiger partial charge >= 0.3 is 0 Å². The Labute approximate surface area is 123 Å². The van der Waals surface area contributed by atoms with Crippen LogP contribution in [0.25, 0.3) is 0 Å². The molecule has 0 heterocycles. The fraction of sp³-hybridized carbons (Fsp3) is 0.647. The van der Waals surface area contributed by atoms with E-state index in [1.165, 1.54) is 0 Å². The van der Waals surface area contributed by atoms with Gasteiger partial charge in [0.25, 0.3) is 0 Å². The summed E-state index contributed by atoms with van der Waals surface area (Å²) >= 11 is 0. The van der Waals surface area contributed by atoms with Crippen molar-refractivity contribution in [3.05, 3.63) is 35.1 Å². The van der Waals surface area contributed by atoms with Gasteiger partial charge in [0.15, 0.2) is 0 Å². The fourth-order valence-electron chi connectivity index (χ4n) is 2.24. The summed E-state index contributed by atoms with van der Waals surface area (Å²) in [5, 5.41) is 3.37. The smallest absolute Gasteiger partial charge is 0.127 e. The summed E-state index contributed by atoms with van der Waals surface area (Å²) in [5.74, 6) is -0.0972. The molecule has 0 aliphatic carbocycles. The second-order valence-electron chi connectivity index (χ2n) is 5.78. The normalized spacial score (nSPS) is 13.2. The van der Waals surface area contributed by atoms with Crippen LogP contribution < -0.4 is 5.32 Å².